The summed E-state index contributed by atoms with van der Waals surface area (Å²) in [6.07, 6.45) is -5.44. The maximum absolute atomic E-state index is 14.6. The molecule has 0 bridgehead atoms. The van der Waals surface area contributed by atoms with E-state index in [4.69, 9.17) is 18.9 Å². The zero-order valence-corrected chi connectivity index (χ0v) is 33.2. The second kappa shape index (κ2) is 14.2. The van der Waals surface area contributed by atoms with Crippen LogP contribution < -0.4 is 0 Å². The minimum atomic E-state index is -1.73. The Morgan fingerprint density at radius 2 is 1.51 bits per heavy atom. The van der Waals surface area contributed by atoms with Crippen LogP contribution in [-0.4, -0.2) is 139 Å². The van der Waals surface area contributed by atoms with Crippen molar-refractivity contribution in [3.63, 3.8) is 0 Å². The first-order valence-electron chi connectivity index (χ1n) is 20.5. The Kier molecular flexibility index (Phi) is 10.8. The van der Waals surface area contributed by atoms with Gasteiger partial charge < -0.3 is 64.9 Å². The topological polar surface area (TPSA) is 236 Å². The lowest BCUT2D eigenvalue weighted by molar-refractivity contribution is -0.313. The molecule has 0 aromatic rings. The highest BCUT2D eigenvalue weighted by atomic mass is 16.7. The molecule has 0 unspecified atom stereocenters. The zero-order valence-electron chi connectivity index (χ0n) is 33.2. The minimum absolute atomic E-state index is 0.0469. The van der Waals surface area contributed by atoms with Gasteiger partial charge in [0.25, 0.3) is 0 Å². The molecular formula is C41H66O14. The van der Waals surface area contributed by atoms with E-state index in [1.807, 2.05) is 20.8 Å². The largest absolute Gasteiger partial charge is 0.432 e. The molecule has 2 saturated heterocycles. The molecule has 0 aromatic carbocycles. The van der Waals surface area contributed by atoms with E-state index in [0.29, 0.717) is 38.5 Å². The summed E-state index contributed by atoms with van der Waals surface area (Å²) in [5, 5.41) is 96.0. The number of allylic oxidation sites excluding steroid dienone is 1. The predicted molar refractivity (Wildman–Crippen MR) is 194 cm³/mol. The molecule has 0 amide bonds. The third-order valence-electron chi connectivity index (χ3n) is 17.4. The molecule has 2 aliphatic heterocycles. The third kappa shape index (κ3) is 5.89. The monoisotopic (exact) mass is 782 g/mol. The summed E-state index contributed by atoms with van der Waals surface area (Å²) in [5.74, 6) is -1.14. The van der Waals surface area contributed by atoms with Gasteiger partial charge in [-0.3, -0.25) is 4.79 Å². The third-order valence-corrected chi connectivity index (χ3v) is 17.4. The molecule has 20 atom stereocenters. The van der Waals surface area contributed by atoms with Crippen molar-refractivity contribution in [1.82, 2.24) is 0 Å². The van der Waals surface area contributed by atoms with Crippen LogP contribution in [-0.2, 0) is 23.7 Å². The first-order chi connectivity index (χ1) is 25.7. The summed E-state index contributed by atoms with van der Waals surface area (Å²) in [4.78, 5) is 14.6. The van der Waals surface area contributed by atoms with Gasteiger partial charge in [-0.15, -0.1) is 0 Å². The summed E-state index contributed by atoms with van der Waals surface area (Å²) in [5.41, 5.74) is -2.97. The Morgan fingerprint density at radius 1 is 0.818 bits per heavy atom. The average Bonchev–Trinajstić information content (AvgIpc) is 3.14. The first-order valence-corrected chi connectivity index (χ1v) is 20.5. The molecule has 7 rings (SSSR count). The van der Waals surface area contributed by atoms with Gasteiger partial charge in [-0.25, -0.2) is 0 Å². The van der Waals surface area contributed by atoms with Crippen molar-refractivity contribution in [3.05, 3.63) is 11.6 Å². The molecule has 14 nitrogen and oxygen atoms in total. The lowest BCUT2D eigenvalue weighted by atomic mass is 9.33. The maximum atomic E-state index is 14.6. The number of carbonyl (C=O) groups excluding carboxylic acids is 1. The summed E-state index contributed by atoms with van der Waals surface area (Å²) in [7, 11) is 0. The van der Waals surface area contributed by atoms with Gasteiger partial charge >= 0.3 is 5.97 Å². The van der Waals surface area contributed by atoms with E-state index in [-0.39, 0.29) is 41.8 Å². The highest BCUT2D eigenvalue weighted by Crippen LogP contribution is 2.76. The van der Waals surface area contributed by atoms with Crippen LogP contribution in [0.2, 0.25) is 0 Å². The zero-order chi connectivity index (χ0) is 40.3. The Hall–Kier alpha value is -1.27. The number of aliphatic hydroxyl groups is 9. The van der Waals surface area contributed by atoms with Crippen molar-refractivity contribution in [2.45, 2.75) is 166 Å². The number of hydrogen-bond acceptors (Lipinski definition) is 14. The van der Waals surface area contributed by atoms with E-state index in [0.717, 1.165) is 24.8 Å². The molecule has 5 aliphatic carbocycles. The van der Waals surface area contributed by atoms with Crippen molar-refractivity contribution >= 4 is 5.97 Å². The molecule has 2 heterocycles. The van der Waals surface area contributed by atoms with E-state index in [1.165, 1.54) is 0 Å². The molecule has 0 radical (unpaired) electrons. The van der Waals surface area contributed by atoms with E-state index in [2.05, 4.69) is 26.8 Å². The van der Waals surface area contributed by atoms with Gasteiger partial charge in [0.1, 0.15) is 42.7 Å². The summed E-state index contributed by atoms with van der Waals surface area (Å²) >= 11 is 0. The number of carbonyl (C=O) groups is 1. The fourth-order valence-electron chi connectivity index (χ4n) is 13.5. The highest BCUT2D eigenvalue weighted by Gasteiger charge is 2.72. The van der Waals surface area contributed by atoms with Crippen molar-refractivity contribution in [2.75, 3.05) is 19.8 Å². The molecule has 4 saturated carbocycles. The van der Waals surface area contributed by atoms with E-state index < -0.39 is 102 Å². The fourth-order valence-corrected chi connectivity index (χ4v) is 13.5. The van der Waals surface area contributed by atoms with Crippen molar-refractivity contribution < 1.29 is 69.7 Å². The lowest BCUT2D eigenvalue weighted by Gasteiger charge is -2.72. The molecule has 9 N–H and O–H groups in total. The van der Waals surface area contributed by atoms with Crippen molar-refractivity contribution in [2.24, 2.45) is 50.7 Å². The number of fused-ring (bicyclic) bond motifs is 7. The molecule has 314 valence electrons. The van der Waals surface area contributed by atoms with Gasteiger partial charge in [-0.05, 0) is 98.7 Å². The molecule has 14 heteroatoms. The second-order valence-corrected chi connectivity index (χ2v) is 19.7. The van der Waals surface area contributed by atoms with Gasteiger partial charge in [-0.2, -0.15) is 0 Å². The molecule has 6 fully saturated rings. The van der Waals surface area contributed by atoms with Crippen LogP contribution in [0.4, 0.5) is 0 Å². The van der Waals surface area contributed by atoms with Gasteiger partial charge in [0, 0.05) is 11.3 Å². The van der Waals surface area contributed by atoms with Crippen molar-refractivity contribution in [3.8, 4) is 0 Å². The Labute approximate surface area is 323 Å². The van der Waals surface area contributed by atoms with Crippen LogP contribution in [0.15, 0.2) is 11.6 Å². The number of esters is 1. The van der Waals surface area contributed by atoms with Gasteiger partial charge in [-0.1, -0.05) is 46.3 Å². The van der Waals surface area contributed by atoms with Crippen LogP contribution in [0.5, 0.6) is 0 Å². The van der Waals surface area contributed by atoms with Crippen LogP contribution in [0, 0.1) is 50.7 Å². The Bertz CT molecular complexity index is 1490. The van der Waals surface area contributed by atoms with Gasteiger partial charge in [0.05, 0.1) is 36.9 Å². The highest BCUT2D eigenvalue weighted by molar-refractivity contribution is 5.79. The number of aliphatic hydroxyl groups excluding tert-OH is 8. The molecule has 0 spiro atoms. The predicted octanol–water partition coefficient (Wildman–Crippen LogP) is 0.899. The van der Waals surface area contributed by atoms with Crippen LogP contribution in [0.3, 0.4) is 0 Å². The lowest BCUT2D eigenvalue weighted by Crippen LogP contribution is -2.69. The average molecular weight is 783 g/mol. The number of rotatable bonds is 6. The van der Waals surface area contributed by atoms with Crippen molar-refractivity contribution in [1.29, 1.82) is 0 Å². The molecule has 7 aliphatic rings. The van der Waals surface area contributed by atoms with E-state index in [1.54, 1.807) is 0 Å². The maximum Gasteiger partial charge on any atom is 0.315 e. The summed E-state index contributed by atoms with van der Waals surface area (Å²) < 4.78 is 23.5. The van der Waals surface area contributed by atoms with E-state index >= 15 is 0 Å². The Morgan fingerprint density at radius 3 is 2.18 bits per heavy atom. The fraction of sp³-hybridized carbons (Fsp3) is 0.927. The first kappa shape index (κ1) is 41.9. The molecule has 55 heavy (non-hydrogen) atoms. The van der Waals surface area contributed by atoms with E-state index in [9.17, 15) is 50.8 Å². The van der Waals surface area contributed by atoms with Gasteiger partial charge in [0.15, 0.2) is 6.29 Å². The van der Waals surface area contributed by atoms with Crippen LogP contribution in [0.25, 0.3) is 0 Å². The second-order valence-electron chi connectivity index (χ2n) is 19.7. The number of hydrogen-bond donors (Lipinski definition) is 9. The summed E-state index contributed by atoms with van der Waals surface area (Å²) in [6, 6.07) is 0. The van der Waals surface area contributed by atoms with Crippen LogP contribution in [0.1, 0.15) is 99.3 Å². The standard InChI is InChI=1S/C41H66O14/c1-20-9-14-41(35(50)55-34-31(49)29(47)28(46)23(17-42)53-34)16-15-38(4)21(32(41)40(20,6)51)7-8-25-36(2)12-11-26(54-33-30(48)27(45)22(44)18-52-33)37(3,19-43)24(36)10-13-39(25,38)5/h7,20,22-34,42-49,51H,8-19H2,1-6H3/t20-,22-,23+,24+,25+,26-,27-,28+,29-,30+,31+,32+,33-,34-,36-,37-,38+,39+,40+,41-/m0/s1. The smallest absolute Gasteiger partial charge is 0.315 e. The quantitative estimate of drug-likeness (QED) is 0.104. The Balaban J connectivity index is 1.20. The normalized spacial score (nSPS) is 56.6. The number of ether oxygens (including phenoxy) is 4. The van der Waals surface area contributed by atoms with Crippen LogP contribution >= 0.6 is 0 Å². The molecule has 0 aromatic heterocycles. The minimum Gasteiger partial charge on any atom is -0.432 e. The van der Waals surface area contributed by atoms with Gasteiger partial charge in [0.2, 0.25) is 6.29 Å². The SMILES string of the molecule is C[C@H]1CC[C@]2(C(=O)O[C@@H]3O[C@H](CO)[C@@H](O)[C@H](O)[C@H]3O)CC[C@]3(C)C(=CC[C@@H]4[C@@]5(C)CC[C@H](O[C@@H]6OC[C@H](O)[C@H](O)[C@H]6O)[C@@](C)(CO)[C@@H]5CC[C@]43C)[C@@H]2[C@]1(C)O. The summed E-state index contributed by atoms with van der Waals surface area (Å²) in [6.45, 7) is 11.9. The molecular weight excluding hydrogens is 716 g/mol.